The van der Waals surface area contributed by atoms with E-state index in [0.717, 1.165) is 31.5 Å². The highest BCUT2D eigenvalue weighted by atomic mass is 35.5. The number of hydrogen-bond donors (Lipinski definition) is 2. The molecule has 10 nitrogen and oxygen atoms in total. The van der Waals surface area contributed by atoms with Crippen LogP contribution < -0.4 is 10.0 Å². The van der Waals surface area contributed by atoms with Gasteiger partial charge in [-0.05, 0) is 56.0 Å². The van der Waals surface area contributed by atoms with Crippen LogP contribution in [0.1, 0.15) is 77.7 Å². The molecule has 38 heavy (non-hydrogen) atoms. The summed E-state index contributed by atoms with van der Waals surface area (Å²) in [6, 6.07) is 6.22. The van der Waals surface area contributed by atoms with E-state index in [-0.39, 0.29) is 39.3 Å². The van der Waals surface area contributed by atoms with Crippen molar-refractivity contribution in [1.29, 1.82) is 0 Å². The molecule has 0 aliphatic heterocycles. The van der Waals surface area contributed by atoms with Crippen molar-refractivity contribution in [2.75, 3.05) is 26.4 Å². The monoisotopic (exact) mass is 567 g/mol. The second-order valence-electron chi connectivity index (χ2n) is 8.66. The van der Waals surface area contributed by atoms with E-state index in [9.17, 15) is 22.8 Å². The molecule has 1 unspecified atom stereocenters. The minimum atomic E-state index is -4.36. The predicted octanol–water partition coefficient (Wildman–Crippen LogP) is 3.99. The number of halogens is 1. The zero-order chi connectivity index (χ0) is 28.1. The number of esters is 1. The van der Waals surface area contributed by atoms with Gasteiger partial charge >= 0.3 is 5.97 Å². The number of amides is 2. The van der Waals surface area contributed by atoms with Crippen LogP contribution in [0, 0.1) is 5.92 Å². The van der Waals surface area contributed by atoms with E-state index in [1.54, 1.807) is 0 Å². The maximum absolute atomic E-state index is 12.8. The molecule has 1 atom stereocenters. The lowest BCUT2D eigenvalue weighted by Crippen LogP contribution is -2.31. The first-order valence-electron chi connectivity index (χ1n) is 12.4. The highest BCUT2D eigenvalue weighted by Crippen LogP contribution is 2.23. The van der Waals surface area contributed by atoms with Crippen LogP contribution >= 0.6 is 11.6 Å². The van der Waals surface area contributed by atoms with Crippen molar-refractivity contribution in [2.24, 2.45) is 5.92 Å². The first kappa shape index (κ1) is 31.2. The van der Waals surface area contributed by atoms with Crippen LogP contribution in [0.4, 0.5) is 0 Å². The Kier molecular flexibility index (Phi) is 12.6. The third-order valence-corrected chi connectivity index (χ3v) is 7.26. The molecule has 0 fully saturated rings. The van der Waals surface area contributed by atoms with Gasteiger partial charge in [0.25, 0.3) is 21.8 Å². The van der Waals surface area contributed by atoms with Crippen LogP contribution in [0.15, 0.2) is 41.4 Å². The lowest BCUT2D eigenvalue weighted by molar-refractivity contribution is 0.0435. The highest BCUT2D eigenvalue weighted by molar-refractivity contribution is 7.90. The highest BCUT2D eigenvalue weighted by Gasteiger charge is 2.23. The van der Waals surface area contributed by atoms with Gasteiger partial charge in [0.1, 0.15) is 10.6 Å². The van der Waals surface area contributed by atoms with Gasteiger partial charge in [0, 0.05) is 31.5 Å². The van der Waals surface area contributed by atoms with Crippen molar-refractivity contribution in [3.8, 4) is 0 Å². The smallest absolute Gasteiger partial charge is 0.356 e. The Morgan fingerprint density at radius 2 is 1.79 bits per heavy atom. The maximum atomic E-state index is 12.8. The Morgan fingerprint density at radius 3 is 2.42 bits per heavy atom. The fraction of sp³-hybridized carbons (Fsp3) is 0.462. The van der Waals surface area contributed by atoms with E-state index in [0.29, 0.717) is 26.2 Å². The summed E-state index contributed by atoms with van der Waals surface area (Å²) >= 11 is 6.13. The summed E-state index contributed by atoms with van der Waals surface area (Å²) in [5, 5.41) is 2.47. The standard InChI is InChI=1S/C26H34ClN3O7S/c1-4-6-8-18(3)17-37-26(33)22-11-9-20(16-29-22)25(32)30-38(34,35)23-12-10-19(15-21(23)27)24(31)28-13-7-14-36-5-2/h9-12,15-16,18H,4-8,13-14,17H2,1-3H3,(H,28,31)(H,30,32). The van der Waals surface area contributed by atoms with Crippen LogP contribution in [0.2, 0.25) is 5.02 Å². The normalized spacial score (nSPS) is 12.0. The zero-order valence-corrected chi connectivity index (χ0v) is 23.4. The zero-order valence-electron chi connectivity index (χ0n) is 21.8. The van der Waals surface area contributed by atoms with Crippen molar-refractivity contribution in [3.63, 3.8) is 0 Å². The molecule has 0 bridgehead atoms. The lowest BCUT2D eigenvalue weighted by Gasteiger charge is -2.12. The summed E-state index contributed by atoms with van der Waals surface area (Å²) in [6.07, 6.45) is 4.76. The van der Waals surface area contributed by atoms with Gasteiger partial charge in [0.2, 0.25) is 0 Å². The number of pyridine rings is 1. The average Bonchev–Trinajstić information content (AvgIpc) is 2.89. The molecular weight excluding hydrogens is 534 g/mol. The number of nitrogens with zero attached hydrogens (tertiary/aromatic N) is 1. The lowest BCUT2D eigenvalue weighted by atomic mass is 10.1. The third kappa shape index (κ3) is 9.70. The van der Waals surface area contributed by atoms with Gasteiger partial charge in [0.05, 0.1) is 17.2 Å². The van der Waals surface area contributed by atoms with E-state index in [2.05, 4.69) is 17.2 Å². The Morgan fingerprint density at radius 1 is 1.05 bits per heavy atom. The van der Waals surface area contributed by atoms with Crippen molar-refractivity contribution in [3.05, 3.63) is 58.4 Å². The SMILES string of the molecule is CCCCC(C)COC(=O)c1ccc(C(=O)NS(=O)(=O)c2ccc(C(=O)NCCCOCC)cc2Cl)cn1. The number of aromatic nitrogens is 1. The second kappa shape index (κ2) is 15.4. The van der Waals surface area contributed by atoms with Crippen LogP contribution in [-0.2, 0) is 19.5 Å². The molecule has 0 saturated carbocycles. The average molecular weight is 568 g/mol. The number of hydrogen-bond acceptors (Lipinski definition) is 8. The van der Waals surface area contributed by atoms with E-state index < -0.39 is 27.8 Å². The number of rotatable bonds is 15. The Bertz CT molecular complexity index is 1200. The molecule has 0 radical (unpaired) electrons. The fourth-order valence-electron chi connectivity index (χ4n) is 3.30. The van der Waals surface area contributed by atoms with Gasteiger partial charge in [0.15, 0.2) is 0 Å². The van der Waals surface area contributed by atoms with Gasteiger partial charge in [-0.2, -0.15) is 0 Å². The van der Waals surface area contributed by atoms with Crippen LogP contribution in [-0.4, -0.2) is 57.6 Å². The van der Waals surface area contributed by atoms with E-state index in [1.807, 2.05) is 18.6 Å². The Balaban J connectivity index is 1.98. The van der Waals surface area contributed by atoms with Crippen molar-refractivity contribution < 1.29 is 32.3 Å². The Labute approximate surface area is 228 Å². The number of carbonyl (C=O) groups is 3. The molecule has 2 amide bonds. The number of unbranched alkanes of at least 4 members (excludes halogenated alkanes) is 1. The van der Waals surface area contributed by atoms with E-state index in [4.69, 9.17) is 21.1 Å². The molecule has 1 aromatic heterocycles. The van der Waals surface area contributed by atoms with E-state index >= 15 is 0 Å². The first-order chi connectivity index (χ1) is 18.1. The molecule has 0 aliphatic carbocycles. The summed E-state index contributed by atoms with van der Waals surface area (Å²) in [4.78, 5) is 40.6. The van der Waals surface area contributed by atoms with Crippen molar-refractivity contribution in [1.82, 2.24) is 15.0 Å². The van der Waals surface area contributed by atoms with Gasteiger partial charge in [-0.1, -0.05) is 38.3 Å². The molecule has 2 rings (SSSR count). The molecule has 1 heterocycles. The molecule has 12 heteroatoms. The summed E-state index contributed by atoms with van der Waals surface area (Å²) in [6.45, 7) is 7.70. The van der Waals surface area contributed by atoms with Crippen molar-refractivity contribution in [2.45, 2.75) is 51.3 Å². The Hall–Kier alpha value is -3.02. The summed E-state index contributed by atoms with van der Waals surface area (Å²) in [7, 11) is -4.36. The third-order valence-electron chi connectivity index (χ3n) is 5.45. The number of nitrogens with one attached hydrogen (secondary N) is 2. The minimum Gasteiger partial charge on any atom is -0.461 e. The van der Waals surface area contributed by atoms with Gasteiger partial charge < -0.3 is 14.8 Å². The first-order valence-corrected chi connectivity index (χ1v) is 14.3. The van der Waals surface area contributed by atoms with Crippen LogP contribution in [0.5, 0.6) is 0 Å². The maximum Gasteiger partial charge on any atom is 0.356 e. The molecule has 0 aliphatic rings. The van der Waals surface area contributed by atoms with Crippen LogP contribution in [0.3, 0.4) is 0 Å². The largest absolute Gasteiger partial charge is 0.461 e. The molecule has 2 N–H and O–H groups in total. The number of carbonyl (C=O) groups excluding carboxylic acids is 3. The minimum absolute atomic E-state index is 0.00176. The summed E-state index contributed by atoms with van der Waals surface area (Å²) < 4.78 is 37.9. The summed E-state index contributed by atoms with van der Waals surface area (Å²) in [5.41, 5.74) is 0.0885. The van der Waals surface area contributed by atoms with Crippen molar-refractivity contribution >= 4 is 39.4 Å². The molecular formula is C26H34ClN3O7S. The van der Waals surface area contributed by atoms with Crippen LogP contribution in [0.25, 0.3) is 0 Å². The predicted molar refractivity (Wildman–Crippen MR) is 143 cm³/mol. The van der Waals surface area contributed by atoms with Gasteiger partial charge in [-0.3, -0.25) is 9.59 Å². The summed E-state index contributed by atoms with van der Waals surface area (Å²) in [5.74, 6) is -1.79. The molecule has 0 spiro atoms. The quantitative estimate of drug-likeness (QED) is 0.243. The fourth-order valence-corrected chi connectivity index (χ4v) is 4.82. The second-order valence-corrected chi connectivity index (χ2v) is 10.7. The number of ether oxygens (including phenoxy) is 2. The molecule has 2 aromatic rings. The molecule has 1 aromatic carbocycles. The van der Waals surface area contributed by atoms with Gasteiger partial charge in [-0.15, -0.1) is 0 Å². The molecule has 0 saturated heterocycles. The topological polar surface area (TPSA) is 141 Å². The number of benzene rings is 1. The molecule has 208 valence electrons. The number of sulfonamides is 1. The van der Waals surface area contributed by atoms with E-state index in [1.165, 1.54) is 24.3 Å². The van der Waals surface area contributed by atoms with Gasteiger partial charge in [-0.25, -0.2) is 22.9 Å².